The van der Waals surface area contributed by atoms with Gasteiger partial charge in [0.2, 0.25) is 0 Å². The molecule has 0 bridgehead atoms. The summed E-state index contributed by atoms with van der Waals surface area (Å²) in [4.78, 5) is 36.0. The van der Waals surface area contributed by atoms with Gasteiger partial charge in [-0.25, -0.2) is 9.97 Å². The van der Waals surface area contributed by atoms with Gasteiger partial charge in [0, 0.05) is 44.4 Å². The largest absolute Gasteiger partial charge is 0.483 e. The van der Waals surface area contributed by atoms with E-state index in [4.69, 9.17) is 4.74 Å². The second-order valence-corrected chi connectivity index (χ2v) is 10.1. The Labute approximate surface area is 204 Å². The second kappa shape index (κ2) is 9.91. The van der Waals surface area contributed by atoms with Crippen LogP contribution in [-0.4, -0.2) is 75.3 Å². The van der Waals surface area contributed by atoms with Crippen LogP contribution >= 0.6 is 0 Å². The van der Waals surface area contributed by atoms with Crippen molar-refractivity contribution >= 4 is 11.8 Å². The Kier molecular flexibility index (Phi) is 6.71. The quantitative estimate of drug-likeness (QED) is 0.594. The van der Waals surface area contributed by atoms with Crippen LogP contribution < -0.4 is 10.1 Å². The van der Waals surface area contributed by atoms with Gasteiger partial charge in [0.05, 0.1) is 17.8 Å². The number of hydrogen-bond donors (Lipinski definition) is 3. The highest BCUT2D eigenvalue weighted by atomic mass is 16.5. The number of carbonyl (C=O) groups is 2. The Balaban J connectivity index is 1.26. The lowest BCUT2D eigenvalue weighted by Crippen LogP contribution is -2.51. The van der Waals surface area contributed by atoms with E-state index in [1.54, 1.807) is 23.4 Å². The summed E-state index contributed by atoms with van der Waals surface area (Å²) < 4.78 is 5.69. The van der Waals surface area contributed by atoms with Gasteiger partial charge < -0.3 is 25.2 Å². The molecule has 2 fully saturated rings. The highest BCUT2D eigenvalue weighted by Gasteiger charge is 2.40. The van der Waals surface area contributed by atoms with Crippen LogP contribution in [0.2, 0.25) is 0 Å². The first-order valence-electron chi connectivity index (χ1n) is 12.4. The Morgan fingerprint density at radius 2 is 1.80 bits per heavy atom. The fourth-order valence-electron chi connectivity index (χ4n) is 5.06. The van der Waals surface area contributed by atoms with Crippen molar-refractivity contribution in [1.29, 1.82) is 0 Å². The normalized spacial score (nSPS) is 25.0. The maximum Gasteiger partial charge on any atom is 0.257 e. The fraction of sp³-hybridized carbons (Fsp3) is 0.538. The number of benzene rings is 1. The first-order valence-corrected chi connectivity index (χ1v) is 12.4. The Morgan fingerprint density at radius 3 is 2.51 bits per heavy atom. The van der Waals surface area contributed by atoms with Gasteiger partial charge in [0.25, 0.3) is 11.8 Å². The molecule has 2 aromatic rings. The number of rotatable bonds is 2. The zero-order valence-electron chi connectivity index (χ0n) is 19.7. The third-order valence-electron chi connectivity index (χ3n) is 7.48. The van der Waals surface area contributed by atoms with E-state index in [9.17, 15) is 19.8 Å². The van der Waals surface area contributed by atoms with Gasteiger partial charge in [-0.2, -0.15) is 0 Å². The molecular formula is C26H32N4O5. The summed E-state index contributed by atoms with van der Waals surface area (Å²) in [5.41, 5.74) is 0.790. The number of para-hydroxylation sites is 1. The number of aliphatic hydroxyl groups is 2. The molecule has 1 spiro atoms. The van der Waals surface area contributed by atoms with Gasteiger partial charge in [0.1, 0.15) is 11.6 Å². The molecule has 2 atom stereocenters. The van der Waals surface area contributed by atoms with E-state index in [0.29, 0.717) is 56.1 Å². The van der Waals surface area contributed by atoms with Crippen molar-refractivity contribution in [2.24, 2.45) is 5.41 Å². The molecule has 1 aromatic carbocycles. The first-order chi connectivity index (χ1) is 16.9. The van der Waals surface area contributed by atoms with Crippen LogP contribution in [0.15, 0.2) is 36.7 Å². The number of nitrogens with one attached hydrogen (secondary N) is 1. The lowest BCUT2D eigenvalue weighted by Gasteiger charge is -2.43. The molecule has 1 aromatic heterocycles. The molecule has 0 radical (unpaired) electrons. The number of aliphatic hydroxyl groups excluding tert-OH is 2. The SMILES string of the molecule is O=C1COc2ccccc2C[C@H](O)[C@H](O)CC2(CCN(C(=O)c3cnc(C4CC4)nc3)CC2)CN1. The minimum Gasteiger partial charge on any atom is -0.483 e. The number of carbonyl (C=O) groups excluding carboxylic acids is 2. The smallest absolute Gasteiger partial charge is 0.257 e. The van der Waals surface area contributed by atoms with E-state index in [0.717, 1.165) is 24.2 Å². The molecule has 2 aliphatic heterocycles. The first kappa shape index (κ1) is 23.7. The van der Waals surface area contributed by atoms with Gasteiger partial charge in [-0.1, -0.05) is 18.2 Å². The van der Waals surface area contributed by atoms with E-state index in [1.807, 2.05) is 18.2 Å². The number of hydrogen-bond acceptors (Lipinski definition) is 7. The van der Waals surface area contributed by atoms with E-state index < -0.39 is 17.6 Å². The number of nitrogens with zero attached hydrogens (tertiary/aromatic N) is 3. The monoisotopic (exact) mass is 480 g/mol. The average Bonchev–Trinajstić information content (AvgIpc) is 3.72. The molecule has 1 aliphatic carbocycles. The summed E-state index contributed by atoms with van der Waals surface area (Å²) in [6, 6.07) is 7.23. The number of fused-ring (bicyclic) bond motifs is 1. The highest BCUT2D eigenvalue weighted by molar-refractivity contribution is 5.93. The lowest BCUT2D eigenvalue weighted by molar-refractivity contribution is -0.124. The van der Waals surface area contributed by atoms with Gasteiger partial charge >= 0.3 is 0 Å². The summed E-state index contributed by atoms with van der Waals surface area (Å²) in [5.74, 6) is 1.43. The maximum absolute atomic E-state index is 13.0. The third kappa shape index (κ3) is 5.46. The van der Waals surface area contributed by atoms with Crippen LogP contribution in [0.4, 0.5) is 0 Å². The molecule has 9 nitrogen and oxygen atoms in total. The summed E-state index contributed by atoms with van der Waals surface area (Å²) in [6.07, 6.45) is 5.27. The zero-order chi connectivity index (χ0) is 24.4. The number of amides is 2. The molecule has 3 heterocycles. The molecule has 3 N–H and O–H groups in total. The molecule has 5 rings (SSSR count). The minimum absolute atomic E-state index is 0.107. The molecule has 2 amide bonds. The molecule has 9 heteroatoms. The van der Waals surface area contributed by atoms with Crippen molar-refractivity contribution in [2.45, 2.75) is 56.7 Å². The predicted octanol–water partition coefficient (Wildman–Crippen LogP) is 1.44. The number of piperidine rings is 1. The van der Waals surface area contributed by atoms with E-state index >= 15 is 0 Å². The van der Waals surface area contributed by atoms with Gasteiger partial charge in [-0.15, -0.1) is 0 Å². The van der Waals surface area contributed by atoms with Crippen molar-refractivity contribution in [3.63, 3.8) is 0 Å². The van der Waals surface area contributed by atoms with Gasteiger partial charge in [0.15, 0.2) is 6.61 Å². The summed E-state index contributed by atoms with van der Waals surface area (Å²) in [5, 5.41) is 24.6. The predicted molar refractivity (Wildman–Crippen MR) is 127 cm³/mol. The van der Waals surface area contributed by atoms with E-state index in [1.165, 1.54) is 0 Å². The molecule has 3 aliphatic rings. The van der Waals surface area contributed by atoms with Crippen molar-refractivity contribution in [3.8, 4) is 5.75 Å². The molecule has 35 heavy (non-hydrogen) atoms. The molecule has 186 valence electrons. The molecule has 1 saturated carbocycles. The highest BCUT2D eigenvalue weighted by Crippen LogP contribution is 2.39. The van der Waals surface area contributed by atoms with Crippen LogP contribution in [0.1, 0.15) is 59.8 Å². The van der Waals surface area contributed by atoms with Crippen LogP contribution in [0.25, 0.3) is 0 Å². The van der Waals surface area contributed by atoms with Crippen LogP contribution in [0, 0.1) is 5.41 Å². The Bertz CT molecular complexity index is 1060. The van der Waals surface area contributed by atoms with Crippen molar-refractivity contribution in [2.75, 3.05) is 26.2 Å². The third-order valence-corrected chi connectivity index (χ3v) is 7.48. The molecule has 1 saturated heterocycles. The minimum atomic E-state index is -0.968. The Morgan fingerprint density at radius 1 is 1.09 bits per heavy atom. The second-order valence-electron chi connectivity index (χ2n) is 10.1. The number of likely N-dealkylation sites (tertiary alicyclic amines) is 1. The average molecular weight is 481 g/mol. The summed E-state index contributed by atoms with van der Waals surface area (Å²) >= 11 is 0. The summed E-state index contributed by atoms with van der Waals surface area (Å²) in [6.45, 7) is 1.21. The number of ether oxygens (including phenoxy) is 1. The van der Waals surface area contributed by atoms with Gasteiger partial charge in [-0.3, -0.25) is 9.59 Å². The van der Waals surface area contributed by atoms with Gasteiger partial charge in [-0.05, 0) is 49.1 Å². The van der Waals surface area contributed by atoms with Crippen LogP contribution in [-0.2, 0) is 11.2 Å². The Hall–Kier alpha value is -3.04. The zero-order valence-corrected chi connectivity index (χ0v) is 19.7. The van der Waals surface area contributed by atoms with Crippen LogP contribution in [0.5, 0.6) is 5.75 Å². The van der Waals surface area contributed by atoms with Crippen molar-refractivity contribution < 1.29 is 24.5 Å². The topological polar surface area (TPSA) is 125 Å². The van der Waals surface area contributed by atoms with E-state index in [-0.39, 0.29) is 24.8 Å². The molecule has 0 unspecified atom stereocenters. The number of aromatic nitrogens is 2. The van der Waals surface area contributed by atoms with E-state index in [2.05, 4.69) is 15.3 Å². The standard InChI is InChI=1S/C26H32N4O5/c31-20-11-18-3-1-2-4-22(18)35-15-23(33)29-16-26(12-21(20)32)7-9-30(10-8-26)25(34)19-13-27-24(28-14-19)17-5-6-17/h1-4,13-14,17,20-21,31-32H,5-12,15-16H2,(H,29,33)/t20-,21+/m0/s1. The van der Waals surface area contributed by atoms with Crippen LogP contribution in [0.3, 0.4) is 0 Å². The fourth-order valence-corrected chi connectivity index (χ4v) is 5.06. The van der Waals surface area contributed by atoms with Crippen molar-refractivity contribution in [3.05, 3.63) is 53.6 Å². The van der Waals surface area contributed by atoms with Crippen molar-refractivity contribution in [1.82, 2.24) is 20.2 Å². The molecular weight excluding hydrogens is 448 g/mol. The lowest BCUT2D eigenvalue weighted by atomic mass is 9.73. The maximum atomic E-state index is 13.0. The summed E-state index contributed by atoms with van der Waals surface area (Å²) in [7, 11) is 0.